The molecule has 0 spiro atoms. The van der Waals surface area contributed by atoms with Gasteiger partial charge >= 0.3 is 0 Å². The zero-order valence-electron chi connectivity index (χ0n) is 11.0. The monoisotopic (exact) mass is 329 g/mol. The van der Waals surface area contributed by atoms with Crippen molar-refractivity contribution in [2.24, 2.45) is 11.8 Å². The van der Waals surface area contributed by atoms with Gasteiger partial charge in [0.2, 0.25) is 0 Å². The van der Waals surface area contributed by atoms with Gasteiger partial charge < -0.3 is 16.4 Å². The van der Waals surface area contributed by atoms with Gasteiger partial charge in [0.1, 0.15) is 0 Å². The molecule has 108 valence electrons. The van der Waals surface area contributed by atoms with Crippen molar-refractivity contribution in [3.63, 3.8) is 0 Å². The number of nitrogens with two attached hydrogens (primary N) is 1. The van der Waals surface area contributed by atoms with Crippen LogP contribution >= 0.6 is 35.4 Å². The molecule has 0 aliphatic heterocycles. The van der Waals surface area contributed by atoms with Gasteiger partial charge in [0.05, 0.1) is 15.7 Å². The van der Waals surface area contributed by atoms with Gasteiger partial charge in [-0.1, -0.05) is 29.6 Å². The molecule has 3 rings (SSSR count). The van der Waals surface area contributed by atoms with E-state index in [0.717, 1.165) is 17.5 Å². The number of benzene rings is 1. The SMILES string of the molecule is Nc1c(Cl)cc(NC(=S)NC2CC3CCC2C3)cc1Cl. The first-order valence-corrected chi connectivity index (χ1v) is 8.01. The summed E-state index contributed by atoms with van der Waals surface area (Å²) in [7, 11) is 0. The molecule has 0 radical (unpaired) electrons. The van der Waals surface area contributed by atoms with Gasteiger partial charge in [-0.25, -0.2) is 0 Å². The Morgan fingerprint density at radius 3 is 2.45 bits per heavy atom. The molecule has 2 bridgehead atoms. The molecule has 3 atom stereocenters. The highest BCUT2D eigenvalue weighted by Gasteiger charge is 2.39. The molecule has 2 fully saturated rings. The average molecular weight is 330 g/mol. The topological polar surface area (TPSA) is 50.1 Å². The van der Waals surface area contributed by atoms with Crippen LogP contribution in [-0.4, -0.2) is 11.2 Å². The maximum Gasteiger partial charge on any atom is 0.171 e. The highest BCUT2D eigenvalue weighted by molar-refractivity contribution is 7.80. The quantitative estimate of drug-likeness (QED) is 0.566. The molecule has 0 heterocycles. The van der Waals surface area contributed by atoms with E-state index in [-0.39, 0.29) is 0 Å². The molecule has 4 N–H and O–H groups in total. The molecule has 1 aromatic carbocycles. The lowest BCUT2D eigenvalue weighted by molar-refractivity contribution is 0.392. The number of thiocarbonyl (C=S) groups is 1. The van der Waals surface area contributed by atoms with E-state index in [1.807, 2.05) is 0 Å². The van der Waals surface area contributed by atoms with Crippen LogP contribution in [0, 0.1) is 11.8 Å². The number of hydrogen-bond donors (Lipinski definition) is 3. The molecule has 2 saturated carbocycles. The van der Waals surface area contributed by atoms with Crippen molar-refractivity contribution in [1.82, 2.24) is 5.32 Å². The number of anilines is 2. The first-order valence-electron chi connectivity index (χ1n) is 6.85. The Balaban J connectivity index is 1.62. The normalized spacial score (nSPS) is 27.6. The molecule has 3 unspecified atom stereocenters. The van der Waals surface area contributed by atoms with Crippen LogP contribution in [0.25, 0.3) is 0 Å². The summed E-state index contributed by atoms with van der Waals surface area (Å²) in [6.07, 6.45) is 5.28. The Bertz CT molecular complexity index is 526. The number of nitrogen functional groups attached to an aromatic ring is 1. The van der Waals surface area contributed by atoms with E-state index in [9.17, 15) is 0 Å². The number of hydrogen-bond acceptors (Lipinski definition) is 2. The molecular weight excluding hydrogens is 313 g/mol. The predicted octanol–water partition coefficient (Wildman–Crippen LogP) is 4.05. The van der Waals surface area contributed by atoms with Gasteiger partial charge in [-0.2, -0.15) is 0 Å². The minimum Gasteiger partial charge on any atom is -0.396 e. The average Bonchev–Trinajstić information content (AvgIpc) is 2.97. The van der Waals surface area contributed by atoms with Crippen LogP contribution in [0.4, 0.5) is 11.4 Å². The Morgan fingerprint density at radius 1 is 1.20 bits per heavy atom. The maximum absolute atomic E-state index is 6.01. The number of nitrogens with one attached hydrogen (secondary N) is 2. The summed E-state index contributed by atoms with van der Waals surface area (Å²) in [5, 5.41) is 8.04. The van der Waals surface area contributed by atoms with Gasteiger partial charge in [0.15, 0.2) is 5.11 Å². The molecule has 0 amide bonds. The Hall–Kier alpha value is -0.710. The highest BCUT2D eigenvalue weighted by Crippen LogP contribution is 2.44. The minimum absolute atomic E-state index is 0.394. The van der Waals surface area contributed by atoms with E-state index in [4.69, 9.17) is 41.2 Å². The molecular formula is C14H17Cl2N3S. The molecule has 0 saturated heterocycles. The van der Waals surface area contributed by atoms with Gasteiger partial charge in [-0.3, -0.25) is 0 Å². The standard InChI is InChI=1S/C14H17Cl2N3S/c15-10-5-9(6-11(16)13(10)17)18-14(20)19-12-4-7-1-2-8(12)3-7/h5-8,12H,1-4,17H2,(H2,18,19,20). The second-order valence-corrected chi connectivity index (χ2v) is 6.96. The van der Waals surface area contributed by atoms with Crippen molar-refractivity contribution in [2.45, 2.75) is 31.7 Å². The Labute approximate surface area is 134 Å². The molecule has 20 heavy (non-hydrogen) atoms. The van der Waals surface area contributed by atoms with Crippen molar-refractivity contribution in [2.75, 3.05) is 11.1 Å². The molecule has 6 heteroatoms. The lowest BCUT2D eigenvalue weighted by atomic mass is 9.96. The summed E-state index contributed by atoms with van der Waals surface area (Å²) in [6, 6.07) is 3.98. The van der Waals surface area contributed by atoms with Crippen LogP contribution in [-0.2, 0) is 0 Å². The fourth-order valence-electron chi connectivity index (χ4n) is 3.41. The van der Waals surface area contributed by atoms with Crippen LogP contribution in [0.3, 0.4) is 0 Å². The first kappa shape index (κ1) is 14.2. The van der Waals surface area contributed by atoms with Crippen LogP contribution < -0.4 is 16.4 Å². The van der Waals surface area contributed by atoms with E-state index >= 15 is 0 Å². The summed E-state index contributed by atoms with van der Waals surface area (Å²) in [4.78, 5) is 0. The third kappa shape index (κ3) is 2.83. The van der Waals surface area contributed by atoms with Crippen molar-refractivity contribution >= 4 is 51.9 Å². The first-order chi connectivity index (χ1) is 9.52. The van der Waals surface area contributed by atoms with Crippen LogP contribution in [0.2, 0.25) is 10.0 Å². The van der Waals surface area contributed by atoms with Crippen molar-refractivity contribution < 1.29 is 0 Å². The fraction of sp³-hybridized carbons (Fsp3) is 0.500. The molecule has 1 aromatic rings. The zero-order chi connectivity index (χ0) is 14.3. The molecule has 0 aromatic heterocycles. The van der Waals surface area contributed by atoms with Gasteiger partial charge in [0.25, 0.3) is 0 Å². The minimum atomic E-state index is 0.394. The predicted molar refractivity (Wildman–Crippen MR) is 89.5 cm³/mol. The zero-order valence-corrected chi connectivity index (χ0v) is 13.3. The van der Waals surface area contributed by atoms with E-state index in [2.05, 4.69) is 10.6 Å². The van der Waals surface area contributed by atoms with Gasteiger partial charge in [0, 0.05) is 11.7 Å². The third-order valence-electron chi connectivity index (χ3n) is 4.39. The Morgan fingerprint density at radius 2 is 1.90 bits per heavy atom. The second-order valence-electron chi connectivity index (χ2n) is 5.73. The van der Waals surface area contributed by atoms with Crippen molar-refractivity contribution in [3.05, 3.63) is 22.2 Å². The van der Waals surface area contributed by atoms with Gasteiger partial charge in [-0.15, -0.1) is 0 Å². The summed E-state index contributed by atoms with van der Waals surface area (Å²) >= 11 is 17.4. The molecule has 2 aliphatic carbocycles. The highest BCUT2D eigenvalue weighted by atomic mass is 35.5. The smallest absolute Gasteiger partial charge is 0.171 e. The van der Waals surface area contributed by atoms with Crippen LogP contribution in [0.1, 0.15) is 25.7 Å². The number of fused-ring (bicyclic) bond motifs is 2. The Kier molecular flexibility index (Phi) is 3.98. The van der Waals surface area contributed by atoms with E-state index in [1.165, 1.54) is 25.7 Å². The lowest BCUT2D eigenvalue weighted by Crippen LogP contribution is -2.40. The van der Waals surface area contributed by atoms with E-state index in [1.54, 1.807) is 12.1 Å². The van der Waals surface area contributed by atoms with Crippen molar-refractivity contribution in [3.8, 4) is 0 Å². The summed E-state index contributed by atoms with van der Waals surface area (Å²) < 4.78 is 0. The van der Waals surface area contributed by atoms with Crippen molar-refractivity contribution in [1.29, 1.82) is 0 Å². The molecule has 2 aliphatic rings. The number of halogens is 2. The van der Waals surface area contributed by atoms with E-state index < -0.39 is 0 Å². The van der Waals surface area contributed by atoms with Crippen LogP contribution in [0.15, 0.2) is 12.1 Å². The second kappa shape index (κ2) is 5.58. The number of rotatable bonds is 2. The summed E-state index contributed by atoms with van der Waals surface area (Å²) in [5.41, 5.74) is 6.87. The summed E-state index contributed by atoms with van der Waals surface area (Å²) in [6.45, 7) is 0. The lowest BCUT2D eigenvalue weighted by Gasteiger charge is -2.24. The fourth-order valence-corrected chi connectivity index (χ4v) is 4.17. The summed E-state index contributed by atoms with van der Waals surface area (Å²) in [5.74, 6) is 1.67. The molecule has 3 nitrogen and oxygen atoms in total. The van der Waals surface area contributed by atoms with Crippen LogP contribution in [0.5, 0.6) is 0 Å². The maximum atomic E-state index is 6.01. The third-order valence-corrected chi connectivity index (χ3v) is 5.24. The largest absolute Gasteiger partial charge is 0.396 e. The van der Waals surface area contributed by atoms with Gasteiger partial charge in [-0.05, 0) is 55.4 Å². The van der Waals surface area contributed by atoms with E-state index in [0.29, 0.717) is 26.9 Å².